The van der Waals surface area contributed by atoms with E-state index in [1.165, 1.54) is 0 Å². The van der Waals surface area contributed by atoms with Crippen molar-refractivity contribution in [1.82, 2.24) is 0 Å². The second-order valence-corrected chi connectivity index (χ2v) is 15.3. The molecule has 0 aromatic heterocycles. The van der Waals surface area contributed by atoms with Crippen molar-refractivity contribution in [2.45, 2.75) is 72.3 Å². The predicted molar refractivity (Wildman–Crippen MR) is 197 cm³/mol. The van der Waals surface area contributed by atoms with E-state index in [0.29, 0.717) is 32.7 Å². The normalized spacial score (nSPS) is 18.5. The number of methoxy groups -OCH3 is 2. The van der Waals surface area contributed by atoms with Gasteiger partial charge in [-0.2, -0.15) is 0 Å². The molecule has 0 spiro atoms. The maximum Gasteiger partial charge on any atom is 0.130 e. The van der Waals surface area contributed by atoms with Crippen LogP contribution in [0.2, 0.25) is 0 Å². The quantitative estimate of drug-likeness (QED) is 0.172. The van der Waals surface area contributed by atoms with E-state index in [-0.39, 0.29) is 10.8 Å². The predicted octanol–water partition coefficient (Wildman–Crippen LogP) is 9.63. The van der Waals surface area contributed by atoms with Crippen molar-refractivity contribution in [3.8, 4) is 39.5 Å². The van der Waals surface area contributed by atoms with E-state index in [1.54, 1.807) is 14.2 Å². The van der Waals surface area contributed by atoms with E-state index in [1.807, 2.05) is 12.1 Å². The summed E-state index contributed by atoms with van der Waals surface area (Å²) in [6.07, 6.45) is 4.41. The van der Waals surface area contributed by atoms with Crippen molar-refractivity contribution in [2.24, 2.45) is 10.8 Å². The molecule has 0 amide bonds. The number of hydrogen-bond acceptors (Lipinski definition) is 6. The van der Waals surface area contributed by atoms with Crippen LogP contribution in [0.4, 0.5) is 5.69 Å². The van der Waals surface area contributed by atoms with Gasteiger partial charge in [0, 0.05) is 41.4 Å². The van der Waals surface area contributed by atoms with Gasteiger partial charge >= 0.3 is 0 Å². The van der Waals surface area contributed by atoms with Gasteiger partial charge in [-0.25, -0.2) is 0 Å². The largest absolute Gasteiger partial charge is 0.497 e. The van der Waals surface area contributed by atoms with E-state index >= 15 is 0 Å². The molecular formula is C42H53NO5. The highest BCUT2D eigenvalue weighted by atomic mass is 16.5. The van der Waals surface area contributed by atoms with Gasteiger partial charge in [0.15, 0.2) is 0 Å². The lowest BCUT2D eigenvalue weighted by Gasteiger charge is -2.50. The summed E-state index contributed by atoms with van der Waals surface area (Å²) in [6, 6.07) is 23.4. The van der Waals surface area contributed by atoms with Crippen LogP contribution in [0.3, 0.4) is 0 Å². The summed E-state index contributed by atoms with van der Waals surface area (Å²) >= 11 is 0. The Labute approximate surface area is 287 Å². The molecule has 6 heteroatoms. The van der Waals surface area contributed by atoms with Gasteiger partial charge in [0.05, 0.1) is 39.6 Å². The molecule has 48 heavy (non-hydrogen) atoms. The Balaban J connectivity index is 1.71. The van der Waals surface area contributed by atoms with Crippen LogP contribution in [0.15, 0.2) is 66.7 Å². The minimum Gasteiger partial charge on any atom is -0.497 e. The first-order chi connectivity index (χ1) is 23.0. The van der Waals surface area contributed by atoms with Crippen LogP contribution in [-0.4, -0.2) is 52.2 Å². The number of benzene rings is 4. The third kappa shape index (κ3) is 6.88. The molecule has 1 N–H and O–H groups in total. The van der Waals surface area contributed by atoms with Gasteiger partial charge in [-0.1, -0.05) is 71.4 Å². The van der Waals surface area contributed by atoms with Crippen molar-refractivity contribution in [3.05, 3.63) is 72.3 Å². The van der Waals surface area contributed by atoms with Crippen LogP contribution in [0.5, 0.6) is 17.2 Å². The summed E-state index contributed by atoms with van der Waals surface area (Å²) in [5, 5.41) is 15.1. The van der Waals surface area contributed by atoms with Gasteiger partial charge in [-0.3, -0.25) is 0 Å². The molecule has 1 saturated carbocycles. The second-order valence-electron chi connectivity index (χ2n) is 15.3. The molecule has 256 valence electrons. The lowest BCUT2D eigenvalue weighted by molar-refractivity contribution is -0.0909. The molecule has 1 saturated heterocycles. The molecule has 0 radical (unpaired) electrons. The molecule has 0 unspecified atom stereocenters. The van der Waals surface area contributed by atoms with Crippen molar-refractivity contribution >= 4 is 16.5 Å². The minimum absolute atomic E-state index is 0.0314. The SMILES string of the molecule is CCCCOc1cc(C2(O)CC(C)(C)CC(C)(C)C2)c(-c2ccccc2)c2cc(N3CCOCC3)c(-c3ccc(OC)cc3OC)cc12. The number of hydrogen-bond donors (Lipinski definition) is 1. The van der Waals surface area contributed by atoms with Gasteiger partial charge < -0.3 is 29.0 Å². The van der Waals surface area contributed by atoms with Crippen molar-refractivity contribution in [1.29, 1.82) is 0 Å². The van der Waals surface area contributed by atoms with E-state index in [0.717, 1.165) is 93.9 Å². The lowest BCUT2D eigenvalue weighted by Crippen LogP contribution is -2.44. The van der Waals surface area contributed by atoms with Crippen LogP contribution in [0, 0.1) is 10.8 Å². The topological polar surface area (TPSA) is 60.4 Å². The van der Waals surface area contributed by atoms with E-state index in [2.05, 4.69) is 94.1 Å². The van der Waals surface area contributed by atoms with E-state index < -0.39 is 5.60 Å². The number of unbranched alkanes of at least 4 members (excludes halogenated alkanes) is 1. The summed E-state index contributed by atoms with van der Waals surface area (Å²) in [6.45, 7) is 14.9. The lowest BCUT2D eigenvalue weighted by atomic mass is 9.57. The number of nitrogens with zero attached hydrogens (tertiary/aromatic N) is 1. The number of morpholine rings is 1. The number of ether oxygens (including phenoxy) is 4. The van der Waals surface area contributed by atoms with Crippen LogP contribution < -0.4 is 19.1 Å². The fraction of sp³-hybridized carbons (Fsp3) is 0.476. The van der Waals surface area contributed by atoms with Crippen molar-refractivity contribution in [3.63, 3.8) is 0 Å². The number of anilines is 1. The monoisotopic (exact) mass is 651 g/mol. The highest BCUT2D eigenvalue weighted by Gasteiger charge is 2.48. The standard InChI is InChI=1S/C42H53NO5/c1-8-9-19-48-38-25-35(42(44)27-40(2,3)26-41(4,5)28-42)39(29-13-11-10-12-14-29)34-24-36(43-17-20-47-21-18-43)32(23-33(34)38)31-16-15-30(45-6)22-37(31)46-7/h10-16,22-25,44H,8-9,17-21,26-28H2,1-7H3. The van der Waals surface area contributed by atoms with E-state index in [9.17, 15) is 5.11 Å². The summed E-state index contributed by atoms with van der Waals surface area (Å²) in [4.78, 5) is 2.42. The first-order valence-electron chi connectivity index (χ1n) is 17.6. The van der Waals surface area contributed by atoms with Gasteiger partial charge in [-0.15, -0.1) is 0 Å². The minimum atomic E-state index is -1.04. The molecule has 6 nitrogen and oxygen atoms in total. The van der Waals surface area contributed by atoms with Crippen molar-refractivity contribution < 1.29 is 24.1 Å². The summed E-state index contributed by atoms with van der Waals surface area (Å²) in [5.74, 6) is 2.30. The van der Waals surface area contributed by atoms with Crippen molar-refractivity contribution in [2.75, 3.05) is 52.0 Å². The summed E-state index contributed by atoms with van der Waals surface area (Å²) in [5.41, 5.74) is 5.19. The Hall–Kier alpha value is -3.74. The number of fused-ring (bicyclic) bond motifs is 1. The highest BCUT2D eigenvalue weighted by Crippen LogP contribution is 2.57. The van der Waals surface area contributed by atoms with Gasteiger partial charge in [0.25, 0.3) is 0 Å². The molecule has 0 atom stereocenters. The third-order valence-corrected chi connectivity index (χ3v) is 10.1. The molecule has 4 aromatic carbocycles. The maximum atomic E-state index is 13.0. The summed E-state index contributed by atoms with van der Waals surface area (Å²) in [7, 11) is 3.38. The zero-order valence-electron chi connectivity index (χ0n) is 29.9. The zero-order valence-corrected chi connectivity index (χ0v) is 29.9. The Morgan fingerprint density at radius 3 is 2.12 bits per heavy atom. The first kappa shape index (κ1) is 34.1. The fourth-order valence-corrected chi connectivity index (χ4v) is 8.71. The van der Waals surface area contributed by atoms with Gasteiger partial charge in [-0.05, 0) is 88.9 Å². The molecule has 1 aliphatic heterocycles. The first-order valence-corrected chi connectivity index (χ1v) is 17.6. The van der Waals surface area contributed by atoms with Gasteiger partial charge in [0.2, 0.25) is 0 Å². The molecule has 2 aliphatic rings. The van der Waals surface area contributed by atoms with E-state index in [4.69, 9.17) is 18.9 Å². The van der Waals surface area contributed by atoms with Crippen LogP contribution in [0.25, 0.3) is 33.0 Å². The molecule has 0 bridgehead atoms. The molecule has 1 heterocycles. The second kappa shape index (κ2) is 13.6. The molecule has 2 fully saturated rings. The van der Waals surface area contributed by atoms with Gasteiger partial charge in [0.1, 0.15) is 17.2 Å². The average molecular weight is 652 g/mol. The zero-order chi connectivity index (χ0) is 34.1. The van der Waals surface area contributed by atoms with Crippen LogP contribution >= 0.6 is 0 Å². The third-order valence-electron chi connectivity index (χ3n) is 10.1. The Morgan fingerprint density at radius 2 is 1.48 bits per heavy atom. The van der Waals surface area contributed by atoms with Crippen LogP contribution in [-0.2, 0) is 10.3 Å². The van der Waals surface area contributed by atoms with Crippen LogP contribution in [0.1, 0.15) is 72.3 Å². The fourth-order valence-electron chi connectivity index (χ4n) is 8.71. The molecule has 1 aliphatic carbocycles. The smallest absolute Gasteiger partial charge is 0.130 e. The highest BCUT2D eigenvalue weighted by molar-refractivity contribution is 6.07. The molecular weight excluding hydrogens is 598 g/mol. The number of aliphatic hydroxyl groups is 1. The maximum absolute atomic E-state index is 13.0. The summed E-state index contributed by atoms with van der Waals surface area (Å²) < 4.78 is 24.0. The Morgan fingerprint density at radius 1 is 0.771 bits per heavy atom. The Kier molecular flexibility index (Phi) is 9.70. The molecule has 6 rings (SSSR count). The molecule has 4 aromatic rings. The number of rotatable bonds is 10. The Bertz CT molecular complexity index is 1720. The average Bonchev–Trinajstić information content (AvgIpc) is 3.06.